The first-order valence-corrected chi connectivity index (χ1v) is 6.40. The molecule has 0 atom stereocenters. The maximum absolute atomic E-state index is 12.5. The molecule has 0 aromatic carbocycles. The van der Waals surface area contributed by atoms with E-state index in [9.17, 15) is 13.2 Å². The molecule has 1 fully saturated rings. The summed E-state index contributed by atoms with van der Waals surface area (Å²) in [5.41, 5.74) is 1.60. The summed E-state index contributed by atoms with van der Waals surface area (Å²) in [6.07, 6.45) is -3.24. The molecule has 3 nitrogen and oxygen atoms in total. The summed E-state index contributed by atoms with van der Waals surface area (Å²) in [6.45, 7) is 3.67. The molecule has 1 aliphatic carbocycles. The van der Waals surface area contributed by atoms with Gasteiger partial charge in [0.1, 0.15) is 6.10 Å². The molecule has 0 spiro atoms. The summed E-state index contributed by atoms with van der Waals surface area (Å²) >= 11 is 0. The number of rotatable bonds is 2. The van der Waals surface area contributed by atoms with Crippen molar-refractivity contribution in [1.82, 2.24) is 9.97 Å². The Morgan fingerprint density at radius 3 is 2.05 bits per heavy atom. The van der Waals surface area contributed by atoms with Crippen LogP contribution in [0.25, 0.3) is 0 Å². The van der Waals surface area contributed by atoms with Crippen molar-refractivity contribution >= 4 is 0 Å². The quantitative estimate of drug-likeness (QED) is 0.826. The highest BCUT2D eigenvalue weighted by atomic mass is 19.4. The van der Waals surface area contributed by atoms with Gasteiger partial charge in [-0.1, -0.05) is 0 Å². The minimum absolute atomic E-state index is 0.124. The van der Waals surface area contributed by atoms with Crippen LogP contribution in [0.5, 0.6) is 6.01 Å². The first-order valence-electron chi connectivity index (χ1n) is 6.40. The van der Waals surface area contributed by atoms with E-state index >= 15 is 0 Å². The second-order valence-corrected chi connectivity index (χ2v) is 5.07. The van der Waals surface area contributed by atoms with Crippen LogP contribution in [-0.4, -0.2) is 22.2 Å². The minimum Gasteiger partial charge on any atom is -0.460 e. The van der Waals surface area contributed by atoms with Crippen LogP contribution < -0.4 is 4.74 Å². The number of nitrogens with zero attached hydrogens (tertiary/aromatic N) is 2. The van der Waals surface area contributed by atoms with Crippen LogP contribution >= 0.6 is 0 Å². The second kappa shape index (κ2) is 5.35. The molecule has 0 saturated heterocycles. The van der Waals surface area contributed by atoms with E-state index in [4.69, 9.17) is 4.74 Å². The van der Waals surface area contributed by atoms with E-state index in [2.05, 4.69) is 9.97 Å². The van der Waals surface area contributed by atoms with Crippen LogP contribution in [0.15, 0.2) is 6.07 Å². The van der Waals surface area contributed by atoms with Gasteiger partial charge in [0, 0.05) is 11.4 Å². The lowest BCUT2D eigenvalue weighted by Gasteiger charge is -2.29. The average Bonchev–Trinajstić information content (AvgIpc) is 2.26. The predicted octanol–water partition coefficient (Wildman–Crippen LogP) is 3.59. The third-order valence-corrected chi connectivity index (χ3v) is 3.37. The van der Waals surface area contributed by atoms with Crippen molar-refractivity contribution in [2.24, 2.45) is 5.92 Å². The summed E-state index contributed by atoms with van der Waals surface area (Å²) in [7, 11) is 0. The SMILES string of the molecule is Cc1cc(C)nc(OC2CCC(C(F)(F)F)CC2)n1. The summed E-state index contributed by atoms with van der Waals surface area (Å²) in [6, 6.07) is 2.10. The molecule has 0 N–H and O–H groups in total. The fraction of sp³-hybridized carbons (Fsp3) is 0.692. The Morgan fingerprint density at radius 1 is 1.05 bits per heavy atom. The van der Waals surface area contributed by atoms with Gasteiger partial charge in [0.25, 0.3) is 0 Å². The van der Waals surface area contributed by atoms with E-state index in [1.807, 2.05) is 19.9 Å². The Kier molecular flexibility index (Phi) is 3.96. The Bertz CT molecular complexity index is 420. The summed E-state index contributed by atoms with van der Waals surface area (Å²) < 4.78 is 43.2. The summed E-state index contributed by atoms with van der Waals surface area (Å²) in [5, 5.41) is 0. The Labute approximate surface area is 110 Å². The number of hydrogen-bond acceptors (Lipinski definition) is 3. The molecule has 106 valence electrons. The topological polar surface area (TPSA) is 35.0 Å². The standard InChI is InChI=1S/C13H17F3N2O/c1-8-7-9(2)18-12(17-8)19-11-5-3-10(4-6-11)13(14,15)16/h7,10-11H,3-6H2,1-2H3. The molecule has 0 unspecified atom stereocenters. The van der Waals surface area contributed by atoms with Gasteiger partial charge >= 0.3 is 12.2 Å². The van der Waals surface area contributed by atoms with Gasteiger partial charge in [0.15, 0.2) is 0 Å². The molecule has 0 bridgehead atoms. The maximum Gasteiger partial charge on any atom is 0.391 e. The maximum atomic E-state index is 12.5. The minimum atomic E-state index is -4.08. The molecule has 0 amide bonds. The first kappa shape index (κ1) is 14.1. The van der Waals surface area contributed by atoms with Gasteiger partial charge in [-0.15, -0.1) is 0 Å². The van der Waals surface area contributed by atoms with Crippen molar-refractivity contribution < 1.29 is 17.9 Å². The van der Waals surface area contributed by atoms with Gasteiger partial charge in [-0.25, -0.2) is 9.97 Å². The van der Waals surface area contributed by atoms with E-state index in [0.29, 0.717) is 12.8 Å². The van der Waals surface area contributed by atoms with Crippen LogP contribution in [0.3, 0.4) is 0 Å². The largest absolute Gasteiger partial charge is 0.460 e. The Hall–Kier alpha value is -1.33. The van der Waals surface area contributed by atoms with Crippen LogP contribution in [-0.2, 0) is 0 Å². The lowest BCUT2D eigenvalue weighted by atomic mass is 9.87. The van der Waals surface area contributed by atoms with Crippen LogP contribution in [0.1, 0.15) is 37.1 Å². The fourth-order valence-electron chi connectivity index (χ4n) is 2.40. The molecular weight excluding hydrogens is 257 g/mol. The normalized spacial score (nSPS) is 24.3. The summed E-state index contributed by atoms with van der Waals surface area (Å²) in [4.78, 5) is 8.28. The van der Waals surface area contributed by atoms with E-state index in [1.54, 1.807) is 0 Å². The molecule has 1 saturated carbocycles. The van der Waals surface area contributed by atoms with Crippen LogP contribution in [0, 0.1) is 19.8 Å². The lowest BCUT2D eigenvalue weighted by Crippen LogP contribution is -2.32. The Morgan fingerprint density at radius 2 is 1.58 bits per heavy atom. The van der Waals surface area contributed by atoms with E-state index in [1.165, 1.54) is 0 Å². The number of alkyl halides is 3. The van der Waals surface area contributed by atoms with Gasteiger partial charge in [0.05, 0.1) is 5.92 Å². The van der Waals surface area contributed by atoms with Gasteiger partial charge in [-0.3, -0.25) is 0 Å². The zero-order chi connectivity index (χ0) is 14.0. The highest BCUT2D eigenvalue weighted by Gasteiger charge is 2.41. The van der Waals surface area contributed by atoms with Crippen molar-refractivity contribution in [2.75, 3.05) is 0 Å². The van der Waals surface area contributed by atoms with Gasteiger partial charge in [0.2, 0.25) is 0 Å². The van der Waals surface area contributed by atoms with Crippen molar-refractivity contribution in [3.8, 4) is 6.01 Å². The fourth-order valence-corrected chi connectivity index (χ4v) is 2.40. The van der Waals surface area contributed by atoms with Crippen LogP contribution in [0.2, 0.25) is 0 Å². The zero-order valence-corrected chi connectivity index (χ0v) is 11.0. The third kappa shape index (κ3) is 3.81. The third-order valence-electron chi connectivity index (χ3n) is 3.37. The Balaban J connectivity index is 1.92. The second-order valence-electron chi connectivity index (χ2n) is 5.07. The van der Waals surface area contributed by atoms with Crippen molar-refractivity contribution in [2.45, 2.75) is 51.8 Å². The monoisotopic (exact) mass is 274 g/mol. The van der Waals surface area contributed by atoms with E-state index < -0.39 is 12.1 Å². The molecule has 0 aliphatic heterocycles. The van der Waals surface area contributed by atoms with Gasteiger partial charge < -0.3 is 4.74 Å². The van der Waals surface area contributed by atoms with E-state index in [-0.39, 0.29) is 25.0 Å². The molecular formula is C13H17F3N2O. The molecule has 0 radical (unpaired) electrons. The van der Waals surface area contributed by atoms with Gasteiger partial charge in [-0.2, -0.15) is 13.2 Å². The predicted molar refractivity (Wildman–Crippen MR) is 63.9 cm³/mol. The molecule has 1 aromatic rings. The summed E-state index contributed by atoms with van der Waals surface area (Å²) in [5.74, 6) is -1.19. The highest BCUT2D eigenvalue weighted by Crippen LogP contribution is 2.38. The van der Waals surface area contributed by atoms with Crippen LogP contribution in [0.4, 0.5) is 13.2 Å². The number of aryl methyl sites for hydroxylation is 2. The number of aromatic nitrogens is 2. The molecule has 6 heteroatoms. The average molecular weight is 274 g/mol. The highest BCUT2D eigenvalue weighted by molar-refractivity contribution is 5.11. The number of halogens is 3. The smallest absolute Gasteiger partial charge is 0.391 e. The number of hydrogen-bond donors (Lipinski definition) is 0. The number of ether oxygens (including phenoxy) is 1. The first-order chi connectivity index (χ1) is 8.84. The van der Waals surface area contributed by atoms with Crippen molar-refractivity contribution in [3.63, 3.8) is 0 Å². The van der Waals surface area contributed by atoms with Crippen molar-refractivity contribution in [1.29, 1.82) is 0 Å². The molecule has 2 rings (SSSR count). The molecule has 1 heterocycles. The van der Waals surface area contributed by atoms with E-state index in [0.717, 1.165) is 11.4 Å². The molecule has 1 aliphatic rings. The van der Waals surface area contributed by atoms with Gasteiger partial charge in [-0.05, 0) is 45.6 Å². The molecule has 19 heavy (non-hydrogen) atoms. The zero-order valence-electron chi connectivity index (χ0n) is 11.0. The molecule has 1 aromatic heterocycles. The lowest BCUT2D eigenvalue weighted by molar-refractivity contribution is -0.185. The van der Waals surface area contributed by atoms with Crippen molar-refractivity contribution in [3.05, 3.63) is 17.5 Å².